The highest BCUT2D eigenvalue weighted by atomic mass is 15.3. The summed E-state index contributed by atoms with van der Waals surface area (Å²) in [6.45, 7) is 9.08. The van der Waals surface area contributed by atoms with Gasteiger partial charge < -0.3 is 10.6 Å². The van der Waals surface area contributed by atoms with E-state index in [1.165, 1.54) is 0 Å². The van der Waals surface area contributed by atoms with Gasteiger partial charge in [0, 0.05) is 18.3 Å². The van der Waals surface area contributed by atoms with E-state index < -0.39 is 0 Å². The molecule has 0 saturated heterocycles. The van der Waals surface area contributed by atoms with Crippen LogP contribution in [0.5, 0.6) is 0 Å². The molecule has 5 nitrogen and oxygen atoms in total. The van der Waals surface area contributed by atoms with Crippen molar-refractivity contribution in [3.63, 3.8) is 0 Å². The lowest BCUT2D eigenvalue weighted by atomic mass is 10.2. The number of nitrogens with two attached hydrogens (primary N) is 1. The Kier molecular flexibility index (Phi) is 4.43. The second-order valence-corrected chi connectivity index (χ2v) is 4.15. The maximum atomic E-state index is 7.45. The normalized spacial score (nSPS) is 12.2. The lowest BCUT2D eigenvalue weighted by molar-refractivity contribution is 0.613. The van der Waals surface area contributed by atoms with Crippen molar-refractivity contribution in [2.24, 2.45) is 5.73 Å². The average molecular weight is 235 g/mol. The number of rotatable bonds is 5. The summed E-state index contributed by atoms with van der Waals surface area (Å²) in [7, 11) is 0. The zero-order valence-corrected chi connectivity index (χ0v) is 11.0. The van der Waals surface area contributed by atoms with Crippen molar-refractivity contribution in [1.29, 1.82) is 5.41 Å². The third-order valence-corrected chi connectivity index (χ3v) is 2.84. The van der Waals surface area contributed by atoms with E-state index in [4.69, 9.17) is 11.1 Å². The third kappa shape index (κ3) is 3.15. The van der Waals surface area contributed by atoms with Crippen LogP contribution in [-0.2, 0) is 0 Å². The van der Waals surface area contributed by atoms with E-state index >= 15 is 0 Å². The van der Waals surface area contributed by atoms with E-state index in [-0.39, 0.29) is 5.84 Å². The molecule has 0 aromatic carbocycles. The number of aromatic nitrogens is 2. The highest BCUT2D eigenvalue weighted by Gasteiger charge is 2.15. The fourth-order valence-electron chi connectivity index (χ4n) is 1.69. The van der Waals surface area contributed by atoms with Crippen molar-refractivity contribution in [2.45, 2.75) is 40.2 Å². The van der Waals surface area contributed by atoms with E-state index in [0.29, 0.717) is 17.7 Å². The molecule has 0 radical (unpaired) electrons. The molecule has 1 aromatic rings. The lowest BCUT2D eigenvalue weighted by Gasteiger charge is -2.27. The van der Waals surface area contributed by atoms with Crippen LogP contribution in [0.4, 0.5) is 5.95 Å². The molecule has 1 heterocycles. The van der Waals surface area contributed by atoms with E-state index in [9.17, 15) is 0 Å². The summed E-state index contributed by atoms with van der Waals surface area (Å²) in [4.78, 5) is 10.9. The number of nitrogens with one attached hydrogen (secondary N) is 1. The Morgan fingerprint density at radius 2 is 2.12 bits per heavy atom. The molecule has 1 rings (SSSR count). The van der Waals surface area contributed by atoms with Crippen molar-refractivity contribution in [3.05, 3.63) is 17.5 Å². The molecular weight excluding hydrogens is 214 g/mol. The average Bonchev–Trinajstić information content (AvgIpc) is 2.28. The smallest absolute Gasteiger partial charge is 0.226 e. The molecular formula is C12H21N5. The summed E-state index contributed by atoms with van der Waals surface area (Å²) in [6, 6.07) is 2.11. The molecule has 5 heteroatoms. The van der Waals surface area contributed by atoms with Crippen molar-refractivity contribution in [3.8, 4) is 0 Å². The highest BCUT2D eigenvalue weighted by Crippen LogP contribution is 2.14. The molecule has 0 aliphatic heterocycles. The standard InChI is InChI=1S/C12H21N5/c1-5-9(4)17(6-2)12-15-8(3)7-10(16-12)11(13)14/h7,9H,5-6H2,1-4H3,(H3,13,14). The molecule has 94 valence electrons. The molecule has 0 spiro atoms. The Morgan fingerprint density at radius 1 is 1.47 bits per heavy atom. The van der Waals surface area contributed by atoms with Gasteiger partial charge in [-0.1, -0.05) is 6.92 Å². The van der Waals surface area contributed by atoms with Crippen molar-refractivity contribution in [2.75, 3.05) is 11.4 Å². The first-order valence-corrected chi connectivity index (χ1v) is 5.96. The molecule has 0 saturated carbocycles. The largest absolute Gasteiger partial charge is 0.382 e. The Bertz CT molecular complexity index is 402. The Morgan fingerprint density at radius 3 is 2.59 bits per heavy atom. The van der Waals surface area contributed by atoms with Gasteiger partial charge in [0.1, 0.15) is 11.5 Å². The first-order chi connectivity index (χ1) is 7.99. The molecule has 1 unspecified atom stereocenters. The summed E-state index contributed by atoms with van der Waals surface area (Å²) in [5.41, 5.74) is 6.81. The van der Waals surface area contributed by atoms with E-state index in [0.717, 1.165) is 18.7 Å². The number of aryl methyl sites for hydroxylation is 1. The number of nitrogens with zero attached hydrogens (tertiary/aromatic N) is 3. The maximum Gasteiger partial charge on any atom is 0.226 e. The number of hydrogen-bond acceptors (Lipinski definition) is 4. The van der Waals surface area contributed by atoms with Crippen LogP contribution in [0.25, 0.3) is 0 Å². The van der Waals surface area contributed by atoms with Gasteiger partial charge in [-0.05, 0) is 33.3 Å². The predicted molar refractivity (Wildman–Crippen MR) is 70.6 cm³/mol. The first kappa shape index (κ1) is 13.4. The Balaban J connectivity index is 3.15. The molecule has 0 amide bonds. The molecule has 3 N–H and O–H groups in total. The summed E-state index contributed by atoms with van der Waals surface area (Å²) < 4.78 is 0. The highest BCUT2D eigenvalue weighted by molar-refractivity contribution is 5.93. The van der Waals surface area contributed by atoms with Crippen LogP contribution >= 0.6 is 0 Å². The summed E-state index contributed by atoms with van der Waals surface area (Å²) >= 11 is 0. The van der Waals surface area contributed by atoms with Gasteiger partial charge in [0.05, 0.1) is 0 Å². The lowest BCUT2D eigenvalue weighted by Crippen LogP contribution is -2.34. The molecule has 0 fully saturated rings. The van der Waals surface area contributed by atoms with Crippen LogP contribution in [0, 0.1) is 12.3 Å². The van der Waals surface area contributed by atoms with Gasteiger partial charge in [-0.15, -0.1) is 0 Å². The van der Waals surface area contributed by atoms with Gasteiger partial charge in [-0.3, -0.25) is 5.41 Å². The van der Waals surface area contributed by atoms with Gasteiger partial charge >= 0.3 is 0 Å². The van der Waals surface area contributed by atoms with Crippen LogP contribution < -0.4 is 10.6 Å². The summed E-state index contributed by atoms with van der Waals surface area (Å²) in [6.07, 6.45) is 1.03. The quantitative estimate of drug-likeness (QED) is 0.601. The van der Waals surface area contributed by atoms with Crippen LogP contribution in [-0.4, -0.2) is 28.4 Å². The SMILES string of the molecule is CCC(C)N(CC)c1nc(C)cc(C(=N)N)n1. The minimum absolute atomic E-state index is 0.0167. The Hall–Kier alpha value is -1.65. The van der Waals surface area contributed by atoms with Crippen LogP contribution in [0.3, 0.4) is 0 Å². The van der Waals surface area contributed by atoms with Crippen LogP contribution in [0.15, 0.2) is 6.07 Å². The topological polar surface area (TPSA) is 78.9 Å². The monoisotopic (exact) mass is 235 g/mol. The summed E-state index contributed by atoms with van der Waals surface area (Å²) in [5, 5.41) is 7.45. The molecule has 0 aliphatic carbocycles. The summed E-state index contributed by atoms with van der Waals surface area (Å²) in [5.74, 6) is 0.643. The minimum atomic E-state index is -0.0167. The third-order valence-electron chi connectivity index (χ3n) is 2.84. The van der Waals surface area contributed by atoms with E-state index in [1.54, 1.807) is 6.07 Å². The predicted octanol–water partition coefficient (Wildman–Crippen LogP) is 1.69. The van der Waals surface area contributed by atoms with Crippen molar-refractivity contribution in [1.82, 2.24) is 9.97 Å². The Labute approximate surface area is 103 Å². The number of nitrogen functional groups attached to an aromatic ring is 1. The number of anilines is 1. The maximum absolute atomic E-state index is 7.45. The first-order valence-electron chi connectivity index (χ1n) is 5.96. The zero-order valence-electron chi connectivity index (χ0n) is 11.0. The van der Waals surface area contributed by atoms with Gasteiger partial charge in [-0.25, -0.2) is 9.97 Å². The van der Waals surface area contributed by atoms with Gasteiger partial charge in [0.2, 0.25) is 5.95 Å². The van der Waals surface area contributed by atoms with Gasteiger partial charge in [0.25, 0.3) is 0 Å². The van der Waals surface area contributed by atoms with Gasteiger partial charge in [0.15, 0.2) is 0 Å². The van der Waals surface area contributed by atoms with Crippen molar-refractivity contribution < 1.29 is 0 Å². The van der Waals surface area contributed by atoms with Crippen LogP contribution in [0.1, 0.15) is 38.6 Å². The fourth-order valence-corrected chi connectivity index (χ4v) is 1.69. The second-order valence-electron chi connectivity index (χ2n) is 4.15. The van der Waals surface area contributed by atoms with Crippen LogP contribution in [0.2, 0.25) is 0 Å². The fraction of sp³-hybridized carbons (Fsp3) is 0.583. The molecule has 1 aromatic heterocycles. The minimum Gasteiger partial charge on any atom is -0.382 e. The second kappa shape index (κ2) is 5.61. The molecule has 17 heavy (non-hydrogen) atoms. The number of amidine groups is 1. The van der Waals surface area contributed by atoms with E-state index in [2.05, 4.69) is 35.6 Å². The van der Waals surface area contributed by atoms with Gasteiger partial charge in [-0.2, -0.15) is 0 Å². The molecule has 1 atom stereocenters. The molecule has 0 bridgehead atoms. The zero-order chi connectivity index (χ0) is 13.0. The van der Waals surface area contributed by atoms with E-state index in [1.807, 2.05) is 6.92 Å². The number of hydrogen-bond donors (Lipinski definition) is 2. The van der Waals surface area contributed by atoms with Crippen molar-refractivity contribution >= 4 is 11.8 Å². The molecule has 0 aliphatic rings.